The van der Waals surface area contributed by atoms with Crippen LogP contribution in [0.3, 0.4) is 0 Å². The van der Waals surface area contributed by atoms with E-state index < -0.39 is 0 Å². The Hall–Kier alpha value is -0.590. The minimum atomic E-state index is 0.407. The largest absolute Gasteiger partial charge is 0.496 e. The molecule has 0 saturated heterocycles. The number of benzene rings is 1. The number of nitrogens with zero attached hydrogens (tertiary/aromatic N) is 1. The van der Waals surface area contributed by atoms with Gasteiger partial charge >= 0.3 is 0 Å². The van der Waals surface area contributed by atoms with Gasteiger partial charge in [-0.25, -0.2) is 0 Å². The van der Waals surface area contributed by atoms with Crippen LogP contribution in [0.25, 0.3) is 0 Å². The lowest BCUT2D eigenvalue weighted by Gasteiger charge is -2.11. The molecular formula is C13H10Br3NO2. The standard InChI is InChI=1S/C13H10Br3NO2/c1-18-12-4-11(16)13(5-10(12)15)19-7-9-3-2-8(14)6-17-9/h2-6H,7H2,1H3. The molecule has 0 fully saturated rings. The van der Waals surface area contributed by atoms with E-state index in [-0.39, 0.29) is 0 Å². The molecule has 6 heteroatoms. The summed E-state index contributed by atoms with van der Waals surface area (Å²) in [5.41, 5.74) is 0.863. The van der Waals surface area contributed by atoms with E-state index in [0.717, 1.165) is 30.6 Å². The molecule has 0 aliphatic rings. The molecule has 1 aromatic heterocycles. The number of aromatic nitrogens is 1. The molecule has 0 aliphatic carbocycles. The van der Waals surface area contributed by atoms with Crippen LogP contribution in [-0.2, 0) is 6.61 Å². The van der Waals surface area contributed by atoms with Crippen LogP contribution in [0.2, 0.25) is 0 Å². The minimum Gasteiger partial charge on any atom is -0.496 e. The van der Waals surface area contributed by atoms with Crippen molar-refractivity contribution in [1.82, 2.24) is 4.98 Å². The van der Waals surface area contributed by atoms with Crippen LogP contribution in [-0.4, -0.2) is 12.1 Å². The van der Waals surface area contributed by atoms with Crippen LogP contribution >= 0.6 is 47.8 Å². The SMILES string of the molecule is COc1cc(Br)c(OCc2ccc(Br)cn2)cc1Br. The van der Waals surface area contributed by atoms with Gasteiger partial charge in [0.15, 0.2) is 0 Å². The van der Waals surface area contributed by atoms with Crippen molar-refractivity contribution in [2.24, 2.45) is 0 Å². The third-order valence-corrected chi connectivity index (χ3v) is 4.08. The molecule has 0 radical (unpaired) electrons. The van der Waals surface area contributed by atoms with E-state index in [0.29, 0.717) is 6.61 Å². The zero-order chi connectivity index (χ0) is 13.8. The molecule has 0 spiro atoms. The summed E-state index contributed by atoms with van der Waals surface area (Å²) in [5.74, 6) is 1.48. The molecule has 19 heavy (non-hydrogen) atoms. The van der Waals surface area contributed by atoms with Crippen molar-refractivity contribution in [3.05, 3.63) is 49.6 Å². The van der Waals surface area contributed by atoms with E-state index in [2.05, 4.69) is 52.8 Å². The van der Waals surface area contributed by atoms with Gasteiger partial charge in [-0.2, -0.15) is 0 Å². The molecule has 0 aliphatic heterocycles. The van der Waals surface area contributed by atoms with Crippen molar-refractivity contribution >= 4 is 47.8 Å². The third-order valence-electron chi connectivity index (χ3n) is 2.37. The van der Waals surface area contributed by atoms with Gasteiger partial charge in [0.2, 0.25) is 0 Å². The lowest BCUT2D eigenvalue weighted by atomic mass is 10.3. The maximum absolute atomic E-state index is 5.73. The van der Waals surface area contributed by atoms with Gasteiger partial charge in [0.25, 0.3) is 0 Å². The van der Waals surface area contributed by atoms with E-state index in [9.17, 15) is 0 Å². The third kappa shape index (κ3) is 3.94. The quantitative estimate of drug-likeness (QED) is 0.658. The summed E-state index contributed by atoms with van der Waals surface area (Å²) in [5, 5.41) is 0. The summed E-state index contributed by atoms with van der Waals surface area (Å²) in [6.45, 7) is 0.407. The van der Waals surface area contributed by atoms with Gasteiger partial charge < -0.3 is 9.47 Å². The number of hydrogen-bond donors (Lipinski definition) is 0. The zero-order valence-corrected chi connectivity index (χ0v) is 14.7. The van der Waals surface area contributed by atoms with Crippen molar-refractivity contribution in [2.75, 3.05) is 7.11 Å². The lowest BCUT2D eigenvalue weighted by Crippen LogP contribution is -1.99. The van der Waals surface area contributed by atoms with Crippen molar-refractivity contribution in [3.63, 3.8) is 0 Å². The highest BCUT2D eigenvalue weighted by molar-refractivity contribution is 9.11. The van der Waals surface area contributed by atoms with Gasteiger partial charge in [0.05, 0.1) is 21.7 Å². The molecular weight excluding hydrogens is 442 g/mol. The van der Waals surface area contributed by atoms with Gasteiger partial charge in [0, 0.05) is 10.7 Å². The fraction of sp³-hybridized carbons (Fsp3) is 0.154. The molecule has 3 nitrogen and oxygen atoms in total. The van der Waals surface area contributed by atoms with Crippen LogP contribution in [0.15, 0.2) is 43.9 Å². The zero-order valence-electron chi connectivity index (χ0n) is 9.99. The van der Waals surface area contributed by atoms with Gasteiger partial charge in [0.1, 0.15) is 18.1 Å². The minimum absolute atomic E-state index is 0.407. The predicted octanol–water partition coefficient (Wildman–Crippen LogP) is 4.96. The molecule has 2 rings (SSSR count). The van der Waals surface area contributed by atoms with Gasteiger partial charge in [-0.3, -0.25) is 4.98 Å². The number of halogens is 3. The monoisotopic (exact) mass is 449 g/mol. The van der Waals surface area contributed by atoms with E-state index in [4.69, 9.17) is 9.47 Å². The van der Waals surface area contributed by atoms with Gasteiger partial charge in [-0.15, -0.1) is 0 Å². The molecule has 0 N–H and O–H groups in total. The fourth-order valence-electron chi connectivity index (χ4n) is 1.42. The Morgan fingerprint density at radius 3 is 2.37 bits per heavy atom. The van der Waals surface area contributed by atoms with Crippen LogP contribution in [0.5, 0.6) is 11.5 Å². The molecule has 1 heterocycles. The van der Waals surface area contributed by atoms with E-state index in [1.807, 2.05) is 24.3 Å². The first-order chi connectivity index (χ1) is 9.10. The highest BCUT2D eigenvalue weighted by Gasteiger charge is 2.08. The average molecular weight is 452 g/mol. The maximum Gasteiger partial charge on any atom is 0.135 e. The molecule has 0 bridgehead atoms. The normalized spacial score (nSPS) is 10.3. The van der Waals surface area contributed by atoms with Gasteiger partial charge in [-0.1, -0.05) is 0 Å². The molecule has 1 aromatic carbocycles. The Kier molecular flexibility index (Phi) is 5.24. The van der Waals surface area contributed by atoms with Crippen LogP contribution in [0, 0.1) is 0 Å². The summed E-state index contributed by atoms with van der Waals surface area (Å²) >= 11 is 10.2. The highest BCUT2D eigenvalue weighted by Crippen LogP contribution is 2.36. The molecule has 2 aromatic rings. The highest BCUT2D eigenvalue weighted by atomic mass is 79.9. The van der Waals surface area contributed by atoms with E-state index >= 15 is 0 Å². The van der Waals surface area contributed by atoms with Crippen LogP contribution in [0.4, 0.5) is 0 Å². The number of rotatable bonds is 4. The summed E-state index contributed by atoms with van der Waals surface area (Å²) in [4.78, 5) is 4.26. The Bertz CT molecular complexity index is 573. The average Bonchev–Trinajstić information content (AvgIpc) is 2.41. The Morgan fingerprint density at radius 1 is 1.05 bits per heavy atom. The van der Waals surface area contributed by atoms with E-state index in [1.54, 1.807) is 13.3 Å². The second kappa shape index (κ2) is 6.72. The van der Waals surface area contributed by atoms with Gasteiger partial charge in [-0.05, 0) is 72.1 Å². The van der Waals surface area contributed by atoms with Crippen LogP contribution < -0.4 is 9.47 Å². The lowest BCUT2D eigenvalue weighted by molar-refractivity contribution is 0.298. The Labute approximate surface area is 136 Å². The van der Waals surface area contributed by atoms with E-state index in [1.165, 1.54) is 0 Å². The molecule has 0 saturated carbocycles. The summed E-state index contributed by atoms with van der Waals surface area (Å²) in [6.07, 6.45) is 1.75. The fourth-order valence-corrected chi connectivity index (χ4v) is 2.58. The molecule has 0 unspecified atom stereocenters. The first-order valence-corrected chi connectivity index (χ1v) is 7.74. The second-order valence-corrected chi connectivity index (χ2v) is 6.30. The number of ether oxygens (including phenoxy) is 2. The van der Waals surface area contributed by atoms with Crippen molar-refractivity contribution in [1.29, 1.82) is 0 Å². The topological polar surface area (TPSA) is 31.4 Å². The summed E-state index contributed by atoms with van der Waals surface area (Å²) in [6, 6.07) is 7.57. The molecule has 0 amide bonds. The Morgan fingerprint density at radius 2 is 1.74 bits per heavy atom. The number of pyridine rings is 1. The molecule has 0 atom stereocenters. The number of methoxy groups -OCH3 is 1. The summed E-state index contributed by atoms with van der Waals surface area (Å²) < 4.78 is 13.6. The van der Waals surface area contributed by atoms with Crippen LogP contribution in [0.1, 0.15) is 5.69 Å². The smallest absolute Gasteiger partial charge is 0.135 e. The summed E-state index contributed by atoms with van der Waals surface area (Å²) in [7, 11) is 1.62. The maximum atomic E-state index is 5.73. The van der Waals surface area contributed by atoms with Crippen molar-refractivity contribution < 1.29 is 9.47 Å². The Balaban J connectivity index is 2.11. The first-order valence-electron chi connectivity index (χ1n) is 5.36. The molecule has 100 valence electrons. The van der Waals surface area contributed by atoms with Crippen molar-refractivity contribution in [2.45, 2.75) is 6.61 Å². The first kappa shape index (κ1) is 14.8. The number of hydrogen-bond acceptors (Lipinski definition) is 3. The predicted molar refractivity (Wildman–Crippen MR) is 84.7 cm³/mol. The second-order valence-electron chi connectivity index (χ2n) is 3.67. The van der Waals surface area contributed by atoms with Crippen molar-refractivity contribution in [3.8, 4) is 11.5 Å².